The van der Waals surface area contributed by atoms with Crippen LogP contribution in [0.1, 0.15) is 69.5 Å². The summed E-state index contributed by atoms with van der Waals surface area (Å²) in [7, 11) is -0.883. The first kappa shape index (κ1) is 52.7. The third-order valence-electron chi connectivity index (χ3n) is 15.3. The largest absolute Gasteiger partial charge is 0.508 e. The van der Waals surface area contributed by atoms with Crippen molar-refractivity contribution >= 4 is 61.3 Å². The zero-order chi connectivity index (χ0) is 53.7. The zero-order valence-corrected chi connectivity index (χ0v) is 45.4. The molecule has 4 saturated heterocycles. The van der Waals surface area contributed by atoms with Gasteiger partial charge in [-0.15, -0.1) is 0 Å². The number of likely N-dealkylation sites (tertiary alicyclic amines) is 1. The van der Waals surface area contributed by atoms with Gasteiger partial charge >= 0.3 is 6.16 Å². The Balaban J connectivity index is 0.952. The highest BCUT2D eigenvalue weighted by Crippen LogP contribution is 2.55. The number of anilines is 1. The van der Waals surface area contributed by atoms with E-state index in [9.17, 15) is 24.0 Å². The number of methoxy groups -OCH3 is 1. The van der Waals surface area contributed by atoms with Crippen LogP contribution in [0.25, 0.3) is 11.2 Å². The Hall–Kier alpha value is -6.68. The average Bonchev–Trinajstić information content (AvgIpc) is 4.23. The van der Waals surface area contributed by atoms with Crippen molar-refractivity contribution in [1.29, 1.82) is 0 Å². The van der Waals surface area contributed by atoms with Crippen LogP contribution in [0.2, 0.25) is 18.1 Å². The first-order valence-corrected chi connectivity index (χ1v) is 29.1. The summed E-state index contributed by atoms with van der Waals surface area (Å²) in [4.78, 5) is 81.8. The standard InChI is InChI=1S/C56H62N6O12SSi/c1-32(2)49(63)59-53-58-48-43(50(64)60-53)57-31-62(48)40-28-38(74-76(7,8)55(3,4)5)39(70-40)30-69-54(67)72-46-44-41-42(52(66)61(51(41)65)29-33-18-12-9-13-19-33)45(71-44)47(46)73-75-56(34-20-14-10-15-21-34,35-22-16-11-17-23-35)36-24-26-37(68-6)27-25-36/h9-27,31-32,38-42,44-47H,28-30H2,1-8H3,(H2,58,59,60,63,64)/t38-,39+,40+,41?,42?,44?,45?,46?,47?/m0/s1. The van der Waals surface area contributed by atoms with E-state index in [2.05, 4.69) is 54.1 Å². The Morgan fingerprint density at radius 1 is 0.829 bits per heavy atom. The van der Waals surface area contributed by atoms with Crippen LogP contribution in [-0.2, 0) is 53.2 Å². The second-order valence-corrected chi connectivity index (χ2v) is 27.2. The normalized spacial score (nSPS) is 24.3. The minimum absolute atomic E-state index is 0.0385. The van der Waals surface area contributed by atoms with E-state index in [1.807, 2.05) is 115 Å². The fraction of sp³-hybridized carbons (Fsp3) is 0.411. The lowest BCUT2D eigenvalue weighted by atomic mass is 9.78. The molecular formula is C56H62N6O12SSi. The number of nitrogens with one attached hydrogen (secondary N) is 2. The highest BCUT2D eigenvalue weighted by atomic mass is 32.2. The van der Waals surface area contributed by atoms with Crippen LogP contribution in [-0.4, -0.2) is 107 Å². The van der Waals surface area contributed by atoms with Gasteiger partial charge in [0.2, 0.25) is 23.7 Å². The Bertz CT molecular complexity index is 3120. The lowest BCUT2D eigenvalue weighted by Crippen LogP contribution is -2.51. The summed E-state index contributed by atoms with van der Waals surface area (Å²) in [5.41, 5.74) is 3.07. The lowest BCUT2D eigenvalue weighted by Gasteiger charge is -2.39. The number of ether oxygens (including phenoxy) is 5. The number of amides is 3. The van der Waals surface area contributed by atoms with E-state index < -0.39 is 85.4 Å². The Labute approximate surface area is 445 Å². The first-order valence-electron chi connectivity index (χ1n) is 25.5. The molecule has 18 nitrogen and oxygen atoms in total. The molecule has 398 valence electrons. The summed E-state index contributed by atoms with van der Waals surface area (Å²) < 4.78 is 45.6. The molecule has 3 amide bonds. The van der Waals surface area contributed by atoms with Gasteiger partial charge in [0, 0.05) is 24.4 Å². The number of imidazole rings is 1. The van der Waals surface area contributed by atoms with Crippen LogP contribution >= 0.6 is 12.0 Å². The van der Waals surface area contributed by atoms with Gasteiger partial charge in [-0.05, 0) is 52.5 Å². The van der Waals surface area contributed by atoms with Gasteiger partial charge in [0.1, 0.15) is 47.7 Å². The minimum atomic E-state index is -2.49. The molecule has 4 aromatic carbocycles. The van der Waals surface area contributed by atoms with Crippen molar-refractivity contribution in [3.05, 3.63) is 154 Å². The van der Waals surface area contributed by atoms with Crippen molar-refractivity contribution in [2.75, 3.05) is 19.0 Å². The van der Waals surface area contributed by atoms with Crippen LogP contribution in [0.4, 0.5) is 10.7 Å². The lowest BCUT2D eigenvalue weighted by molar-refractivity contribution is -0.144. The molecule has 9 atom stereocenters. The molecule has 4 fully saturated rings. The van der Waals surface area contributed by atoms with E-state index in [0.29, 0.717) is 5.75 Å². The van der Waals surface area contributed by atoms with Gasteiger partial charge in [-0.1, -0.05) is 138 Å². The molecule has 6 unspecified atom stereocenters. The molecule has 0 spiro atoms. The number of aromatic nitrogens is 4. The Kier molecular flexibility index (Phi) is 14.6. The maximum absolute atomic E-state index is 14.5. The summed E-state index contributed by atoms with van der Waals surface area (Å²) in [6, 6.07) is 36.7. The number of fused-ring (bicyclic) bond motifs is 6. The fourth-order valence-electron chi connectivity index (χ4n) is 10.3. The highest BCUT2D eigenvalue weighted by Gasteiger charge is 2.71. The average molecular weight is 1070 g/mol. The SMILES string of the molecule is COc1ccc(C(SOC2C(OC(=O)OC[C@H]3O[C@@H](n4cnc5c(=O)[nH]c(NC(=O)C(C)C)nc54)C[C@@H]3O[Si](C)(C)C(C)(C)C)C3OC2C2C(=O)N(Cc4ccccc4)C(=O)C32)(c2ccccc2)c2ccccc2)cc1. The monoisotopic (exact) mass is 1070 g/mol. The number of imide groups is 1. The predicted octanol–water partition coefficient (Wildman–Crippen LogP) is 8.53. The van der Waals surface area contributed by atoms with E-state index in [1.165, 1.54) is 11.2 Å². The van der Waals surface area contributed by atoms with Gasteiger partial charge in [0.25, 0.3) is 5.56 Å². The highest BCUT2D eigenvalue weighted by molar-refractivity contribution is 7.96. The van der Waals surface area contributed by atoms with Crippen LogP contribution < -0.4 is 15.6 Å². The van der Waals surface area contributed by atoms with E-state index in [4.69, 9.17) is 32.3 Å². The third kappa shape index (κ3) is 9.86. The maximum atomic E-state index is 14.5. The minimum Gasteiger partial charge on any atom is -0.497 e. The van der Waals surface area contributed by atoms with Crippen molar-refractivity contribution < 1.29 is 51.5 Å². The van der Waals surface area contributed by atoms with Crippen LogP contribution in [0.3, 0.4) is 0 Å². The number of aromatic amines is 1. The van der Waals surface area contributed by atoms with Gasteiger partial charge in [-0.3, -0.25) is 38.9 Å². The first-order chi connectivity index (χ1) is 36.4. The molecule has 20 heteroatoms. The van der Waals surface area contributed by atoms with Crippen LogP contribution in [0.15, 0.2) is 126 Å². The molecule has 2 aromatic heterocycles. The summed E-state index contributed by atoms with van der Waals surface area (Å²) in [5, 5.41) is 2.45. The van der Waals surface area contributed by atoms with Crippen molar-refractivity contribution in [3.63, 3.8) is 0 Å². The second-order valence-electron chi connectivity index (χ2n) is 21.5. The second kappa shape index (κ2) is 21.0. The molecule has 4 aliphatic heterocycles. The molecule has 0 aliphatic carbocycles. The quantitative estimate of drug-likeness (QED) is 0.0288. The van der Waals surface area contributed by atoms with E-state index >= 15 is 0 Å². The number of nitrogens with zero attached hydrogens (tertiary/aromatic N) is 4. The number of carbonyl (C=O) groups is 4. The van der Waals surface area contributed by atoms with Crippen LogP contribution in [0, 0.1) is 17.8 Å². The van der Waals surface area contributed by atoms with Gasteiger partial charge in [-0.25, -0.2) is 9.78 Å². The molecular weight excluding hydrogens is 1010 g/mol. The molecule has 10 rings (SSSR count). The molecule has 2 bridgehead atoms. The molecule has 2 N–H and O–H groups in total. The van der Waals surface area contributed by atoms with Gasteiger partial charge in [0.05, 0.1) is 37.9 Å². The van der Waals surface area contributed by atoms with Crippen molar-refractivity contribution in [2.45, 2.75) is 113 Å². The Morgan fingerprint density at radius 2 is 1.42 bits per heavy atom. The van der Waals surface area contributed by atoms with Crippen molar-refractivity contribution in [3.8, 4) is 5.75 Å². The number of benzene rings is 4. The predicted molar refractivity (Wildman–Crippen MR) is 284 cm³/mol. The fourth-order valence-corrected chi connectivity index (χ4v) is 12.8. The summed E-state index contributed by atoms with van der Waals surface area (Å²) >= 11 is 1.15. The molecule has 4 aliphatic rings. The van der Waals surface area contributed by atoms with E-state index in [1.54, 1.807) is 25.5 Å². The zero-order valence-electron chi connectivity index (χ0n) is 43.5. The van der Waals surface area contributed by atoms with E-state index in [0.717, 1.165) is 34.3 Å². The van der Waals surface area contributed by atoms with Crippen molar-refractivity contribution in [2.24, 2.45) is 17.8 Å². The molecule has 0 saturated carbocycles. The Morgan fingerprint density at radius 3 is 2.01 bits per heavy atom. The van der Waals surface area contributed by atoms with Crippen LogP contribution in [0.5, 0.6) is 5.75 Å². The van der Waals surface area contributed by atoms with Gasteiger partial charge < -0.3 is 32.3 Å². The number of hydrogen-bond donors (Lipinski definition) is 2. The maximum Gasteiger partial charge on any atom is 0.508 e. The summed E-state index contributed by atoms with van der Waals surface area (Å²) in [5.74, 6) is -2.75. The number of carbonyl (C=O) groups excluding carboxylic acids is 4. The van der Waals surface area contributed by atoms with Crippen molar-refractivity contribution in [1.82, 2.24) is 24.4 Å². The number of H-pyrrole nitrogens is 1. The summed E-state index contributed by atoms with van der Waals surface area (Å²) in [6.45, 7) is 13.8. The number of hydrogen-bond acceptors (Lipinski definition) is 15. The summed E-state index contributed by atoms with van der Waals surface area (Å²) in [6.07, 6.45) is -5.88. The molecule has 6 aromatic rings. The van der Waals surface area contributed by atoms with Gasteiger partial charge in [-0.2, -0.15) is 4.98 Å². The molecule has 6 heterocycles. The molecule has 76 heavy (non-hydrogen) atoms. The smallest absolute Gasteiger partial charge is 0.497 e. The van der Waals surface area contributed by atoms with E-state index in [-0.39, 0.29) is 59.5 Å². The van der Waals surface area contributed by atoms with Gasteiger partial charge in [0.15, 0.2) is 25.6 Å². The number of rotatable bonds is 17. The molecule has 0 radical (unpaired) electrons. The third-order valence-corrected chi connectivity index (χ3v) is 21.1. The topological polar surface area (TPSA) is 212 Å².